The molecule has 0 bridgehead atoms. The molecule has 0 atom stereocenters. The Hall–Kier alpha value is -4.27. The van der Waals surface area contributed by atoms with Gasteiger partial charge in [-0.3, -0.25) is 14.4 Å². The second-order valence-corrected chi connectivity index (χ2v) is 9.27. The number of carbonyl (C=O) groups is 3. The van der Waals surface area contributed by atoms with E-state index in [9.17, 15) is 14.4 Å². The molecule has 9 heteroatoms. The fourth-order valence-electron chi connectivity index (χ4n) is 4.81. The van der Waals surface area contributed by atoms with Crippen LogP contribution in [0.5, 0.6) is 11.5 Å². The van der Waals surface area contributed by atoms with E-state index >= 15 is 0 Å². The Bertz CT molecular complexity index is 1320. The maximum Gasteiger partial charge on any atom is 0.306 e. The zero-order chi connectivity index (χ0) is 27.9. The van der Waals surface area contributed by atoms with Gasteiger partial charge in [-0.1, -0.05) is 6.07 Å². The van der Waals surface area contributed by atoms with E-state index in [-0.39, 0.29) is 30.6 Å². The summed E-state index contributed by atoms with van der Waals surface area (Å²) in [5.74, 6) is 0.919. The molecule has 0 N–H and O–H groups in total. The molecule has 4 rings (SSSR count). The summed E-state index contributed by atoms with van der Waals surface area (Å²) in [6, 6.07) is 17.4. The Morgan fingerprint density at radius 3 is 2.13 bits per heavy atom. The van der Waals surface area contributed by atoms with E-state index in [1.54, 1.807) is 30.9 Å². The summed E-state index contributed by atoms with van der Waals surface area (Å²) in [4.78, 5) is 41.4. The molecule has 3 aromatic rings. The Morgan fingerprint density at radius 1 is 0.821 bits per heavy atom. The van der Waals surface area contributed by atoms with Gasteiger partial charge in [0.05, 0.1) is 38.5 Å². The maximum atomic E-state index is 13.7. The third-order valence-corrected chi connectivity index (χ3v) is 6.94. The first-order valence-corrected chi connectivity index (χ1v) is 13.1. The lowest BCUT2D eigenvalue weighted by Crippen LogP contribution is -2.50. The number of methoxy groups -OCH3 is 2. The number of carbonyl (C=O) groups excluding carboxylic acids is 3. The normalized spacial score (nSPS) is 13.2. The van der Waals surface area contributed by atoms with Crippen LogP contribution in [0.3, 0.4) is 0 Å². The zero-order valence-corrected chi connectivity index (χ0v) is 22.9. The van der Waals surface area contributed by atoms with Crippen LogP contribution in [0.4, 0.5) is 0 Å². The number of piperazine rings is 1. The van der Waals surface area contributed by atoms with Crippen LogP contribution in [0.2, 0.25) is 0 Å². The van der Waals surface area contributed by atoms with Crippen molar-refractivity contribution in [2.24, 2.45) is 0 Å². The summed E-state index contributed by atoms with van der Waals surface area (Å²) < 4.78 is 17.7. The zero-order valence-electron chi connectivity index (χ0n) is 22.9. The average Bonchev–Trinajstić information content (AvgIpc) is 3.32. The van der Waals surface area contributed by atoms with Gasteiger partial charge in [0.15, 0.2) is 0 Å². The molecule has 2 heterocycles. The van der Waals surface area contributed by atoms with E-state index in [1.807, 2.05) is 61.5 Å². The number of hydrogen-bond acceptors (Lipinski definition) is 6. The molecular formula is C30H35N3O6. The fraction of sp³-hybridized carbons (Fsp3) is 0.367. The van der Waals surface area contributed by atoms with E-state index < -0.39 is 0 Å². The average molecular weight is 534 g/mol. The molecule has 0 spiro atoms. The van der Waals surface area contributed by atoms with Crippen molar-refractivity contribution >= 4 is 17.8 Å². The van der Waals surface area contributed by atoms with E-state index in [0.29, 0.717) is 38.3 Å². The smallest absolute Gasteiger partial charge is 0.306 e. The number of rotatable bonds is 9. The first-order valence-electron chi connectivity index (χ1n) is 13.1. The van der Waals surface area contributed by atoms with Gasteiger partial charge in [0.25, 0.3) is 5.91 Å². The van der Waals surface area contributed by atoms with Crippen molar-refractivity contribution in [3.8, 4) is 28.4 Å². The second-order valence-electron chi connectivity index (χ2n) is 9.27. The molecule has 1 aromatic heterocycles. The second kappa shape index (κ2) is 12.5. The van der Waals surface area contributed by atoms with Gasteiger partial charge in [0.2, 0.25) is 5.91 Å². The fourth-order valence-corrected chi connectivity index (χ4v) is 4.81. The summed E-state index contributed by atoms with van der Waals surface area (Å²) in [5, 5.41) is 0. The summed E-state index contributed by atoms with van der Waals surface area (Å²) in [6.45, 7) is 5.67. The molecule has 0 radical (unpaired) electrons. The van der Waals surface area contributed by atoms with Crippen LogP contribution >= 0.6 is 0 Å². The van der Waals surface area contributed by atoms with Crippen LogP contribution in [0.25, 0.3) is 16.9 Å². The SMILES string of the molecule is CCOC(=O)CCC(=O)N1CCN(C(=O)c2cc(-c3ccc(OC)cc3)n(-c3cccc(OC)c3)c2C)CC1. The Balaban J connectivity index is 1.56. The number of ether oxygens (including phenoxy) is 3. The molecule has 2 amide bonds. The lowest BCUT2D eigenvalue weighted by molar-refractivity contribution is -0.146. The highest BCUT2D eigenvalue weighted by Crippen LogP contribution is 2.32. The molecule has 2 aromatic carbocycles. The number of nitrogens with zero attached hydrogens (tertiary/aromatic N) is 3. The summed E-state index contributed by atoms with van der Waals surface area (Å²) in [5.41, 5.74) is 4.11. The summed E-state index contributed by atoms with van der Waals surface area (Å²) >= 11 is 0. The van der Waals surface area contributed by atoms with E-state index in [4.69, 9.17) is 14.2 Å². The van der Waals surface area contributed by atoms with Gasteiger partial charge in [0, 0.05) is 50.0 Å². The molecule has 1 aliphatic heterocycles. The molecule has 1 aliphatic rings. The number of esters is 1. The standard InChI is InChI=1S/C30H35N3O6/c1-5-39-29(35)14-13-28(34)31-15-17-32(18-16-31)30(36)26-20-27(22-9-11-24(37-3)12-10-22)33(21(26)2)23-7-6-8-25(19-23)38-4/h6-12,19-20H,5,13-18H2,1-4H3. The highest BCUT2D eigenvalue weighted by Gasteiger charge is 2.28. The van der Waals surface area contributed by atoms with Gasteiger partial charge in [-0.15, -0.1) is 0 Å². The Labute approximate surface area is 228 Å². The minimum atomic E-state index is -0.372. The Morgan fingerprint density at radius 2 is 1.49 bits per heavy atom. The van der Waals surface area contributed by atoms with Crippen LogP contribution < -0.4 is 9.47 Å². The van der Waals surface area contributed by atoms with Crippen LogP contribution in [-0.4, -0.2) is 79.2 Å². The molecule has 1 saturated heterocycles. The van der Waals surface area contributed by atoms with Gasteiger partial charge in [-0.2, -0.15) is 0 Å². The van der Waals surface area contributed by atoms with Crippen LogP contribution in [0, 0.1) is 6.92 Å². The molecule has 39 heavy (non-hydrogen) atoms. The minimum Gasteiger partial charge on any atom is -0.497 e. The largest absolute Gasteiger partial charge is 0.497 e. The first-order chi connectivity index (χ1) is 18.9. The highest BCUT2D eigenvalue weighted by atomic mass is 16.5. The topological polar surface area (TPSA) is 90.3 Å². The first kappa shape index (κ1) is 27.8. The summed E-state index contributed by atoms with van der Waals surface area (Å²) in [6.07, 6.45) is 0.178. The van der Waals surface area contributed by atoms with Crippen molar-refractivity contribution in [3.63, 3.8) is 0 Å². The van der Waals surface area contributed by atoms with Gasteiger partial charge >= 0.3 is 5.97 Å². The van der Waals surface area contributed by atoms with E-state index in [0.717, 1.165) is 34.1 Å². The molecule has 206 valence electrons. The minimum absolute atomic E-state index is 0.0664. The van der Waals surface area contributed by atoms with E-state index in [2.05, 4.69) is 4.57 Å². The number of benzene rings is 2. The molecule has 1 fully saturated rings. The molecule has 0 aliphatic carbocycles. The quantitative estimate of drug-likeness (QED) is 0.385. The van der Waals surface area contributed by atoms with Crippen molar-refractivity contribution in [2.45, 2.75) is 26.7 Å². The van der Waals surface area contributed by atoms with Gasteiger partial charge in [-0.25, -0.2) is 0 Å². The molecule has 0 unspecified atom stereocenters. The predicted octanol–water partition coefficient (Wildman–Crippen LogP) is 4.10. The Kier molecular flexibility index (Phi) is 8.91. The van der Waals surface area contributed by atoms with E-state index in [1.165, 1.54) is 0 Å². The lowest BCUT2D eigenvalue weighted by Gasteiger charge is -2.34. The molecule has 0 saturated carbocycles. The van der Waals surface area contributed by atoms with Crippen molar-refractivity contribution in [1.29, 1.82) is 0 Å². The van der Waals surface area contributed by atoms with Gasteiger partial charge < -0.3 is 28.6 Å². The highest BCUT2D eigenvalue weighted by molar-refractivity contribution is 5.97. The predicted molar refractivity (Wildman–Crippen MR) is 147 cm³/mol. The van der Waals surface area contributed by atoms with Gasteiger partial charge in [0.1, 0.15) is 11.5 Å². The van der Waals surface area contributed by atoms with Crippen molar-refractivity contribution in [3.05, 3.63) is 65.9 Å². The van der Waals surface area contributed by atoms with Crippen molar-refractivity contribution in [2.75, 3.05) is 47.0 Å². The van der Waals surface area contributed by atoms with Crippen LogP contribution in [0.15, 0.2) is 54.6 Å². The molecule has 9 nitrogen and oxygen atoms in total. The lowest BCUT2D eigenvalue weighted by atomic mass is 10.1. The summed E-state index contributed by atoms with van der Waals surface area (Å²) in [7, 11) is 3.25. The van der Waals surface area contributed by atoms with Crippen molar-refractivity contribution < 1.29 is 28.6 Å². The van der Waals surface area contributed by atoms with Crippen LogP contribution in [-0.2, 0) is 14.3 Å². The van der Waals surface area contributed by atoms with Crippen LogP contribution in [0.1, 0.15) is 35.8 Å². The molecular weight excluding hydrogens is 498 g/mol. The monoisotopic (exact) mass is 533 g/mol. The third-order valence-electron chi connectivity index (χ3n) is 6.94. The van der Waals surface area contributed by atoms with Crippen molar-refractivity contribution in [1.82, 2.24) is 14.4 Å². The maximum absolute atomic E-state index is 13.7. The third kappa shape index (κ3) is 6.25. The number of amides is 2. The van der Waals surface area contributed by atoms with Gasteiger partial charge in [-0.05, 0) is 61.9 Å². The number of hydrogen-bond donors (Lipinski definition) is 0. The number of aromatic nitrogens is 1.